The molecule has 29 heavy (non-hydrogen) atoms. The van der Waals surface area contributed by atoms with Crippen LogP contribution in [0.3, 0.4) is 0 Å². The molecule has 0 radical (unpaired) electrons. The van der Waals surface area contributed by atoms with Crippen LogP contribution in [0.2, 0.25) is 0 Å². The van der Waals surface area contributed by atoms with E-state index in [0.29, 0.717) is 0 Å². The van der Waals surface area contributed by atoms with Gasteiger partial charge in [-0.2, -0.15) is 0 Å². The number of hydrogen-bond donors (Lipinski definition) is 2. The number of pyridine rings is 1. The molecule has 1 unspecified atom stereocenters. The van der Waals surface area contributed by atoms with E-state index in [4.69, 9.17) is 0 Å². The number of aromatic nitrogens is 1. The Morgan fingerprint density at radius 3 is 2.59 bits per heavy atom. The lowest BCUT2D eigenvalue weighted by molar-refractivity contribution is 0.105. The smallest absolute Gasteiger partial charge is 0.317 e. The average molecular weight is 395 g/mol. The molecule has 3 heterocycles. The number of hydrogen-bond acceptors (Lipinski definition) is 3. The lowest BCUT2D eigenvalue weighted by Gasteiger charge is -2.39. The Hall–Kier alpha value is -2.60. The number of carbonyl (C=O) groups excluding carboxylic acids is 1. The first-order valence-electron chi connectivity index (χ1n) is 10.5. The minimum absolute atomic E-state index is 0.0265. The zero-order valence-corrected chi connectivity index (χ0v) is 17.1. The molecule has 2 aliphatic heterocycles. The number of nitrogens with one attached hydrogen (secondary N) is 2. The van der Waals surface area contributed by atoms with Crippen LogP contribution in [0.1, 0.15) is 43.4 Å². The molecule has 1 aromatic heterocycles. The molecule has 0 saturated carbocycles. The quantitative estimate of drug-likeness (QED) is 0.837. The second kappa shape index (κ2) is 8.41. The highest BCUT2D eigenvalue weighted by atomic mass is 16.2. The van der Waals surface area contributed by atoms with Crippen LogP contribution in [0.15, 0.2) is 53.5 Å². The number of aromatic amines is 1. The maximum atomic E-state index is 12.8. The fourth-order valence-corrected chi connectivity index (χ4v) is 4.63. The normalized spacial score (nSPS) is 20.0. The van der Waals surface area contributed by atoms with Crippen molar-refractivity contribution in [3.8, 4) is 0 Å². The Kier molecular flexibility index (Phi) is 5.72. The standard InChI is InChI=1S/C23H30N4O2/c1-18(20-7-11-24-21(28)15-20)25-22(29)27-14-10-23(17-27)8-12-26(13-9-23)16-19-5-3-2-4-6-19/h2-7,11,15,18H,8-10,12-14,16-17H2,1H3,(H,24,28)(H,25,29). The van der Waals surface area contributed by atoms with Crippen molar-refractivity contribution < 1.29 is 4.79 Å². The lowest BCUT2D eigenvalue weighted by atomic mass is 9.77. The number of likely N-dealkylation sites (tertiary alicyclic amines) is 2. The van der Waals surface area contributed by atoms with Gasteiger partial charge in [-0.3, -0.25) is 9.69 Å². The van der Waals surface area contributed by atoms with Crippen molar-refractivity contribution >= 4 is 6.03 Å². The predicted molar refractivity (Wildman–Crippen MR) is 114 cm³/mol. The third kappa shape index (κ3) is 4.70. The van der Waals surface area contributed by atoms with Crippen molar-refractivity contribution in [2.24, 2.45) is 5.41 Å². The van der Waals surface area contributed by atoms with Crippen LogP contribution in [0.5, 0.6) is 0 Å². The highest BCUT2D eigenvalue weighted by molar-refractivity contribution is 5.75. The van der Waals surface area contributed by atoms with Crippen LogP contribution in [-0.4, -0.2) is 47.0 Å². The van der Waals surface area contributed by atoms with Gasteiger partial charge in [-0.15, -0.1) is 0 Å². The minimum atomic E-state index is -0.186. The Labute approximate surface area is 171 Å². The number of piperidine rings is 1. The molecule has 6 heteroatoms. The second-order valence-electron chi connectivity index (χ2n) is 8.59. The summed E-state index contributed by atoms with van der Waals surface area (Å²) in [6.45, 7) is 6.75. The van der Waals surface area contributed by atoms with Crippen molar-refractivity contribution in [1.29, 1.82) is 0 Å². The van der Waals surface area contributed by atoms with Gasteiger partial charge in [-0.25, -0.2) is 4.79 Å². The number of amides is 2. The van der Waals surface area contributed by atoms with E-state index in [-0.39, 0.29) is 23.0 Å². The Morgan fingerprint density at radius 1 is 1.14 bits per heavy atom. The summed E-state index contributed by atoms with van der Waals surface area (Å²) in [5.74, 6) is 0. The van der Waals surface area contributed by atoms with Gasteiger partial charge in [-0.05, 0) is 61.9 Å². The summed E-state index contributed by atoms with van der Waals surface area (Å²) in [4.78, 5) is 31.4. The molecule has 154 valence electrons. The number of benzene rings is 1. The van der Waals surface area contributed by atoms with Gasteiger partial charge in [-0.1, -0.05) is 30.3 Å². The highest BCUT2D eigenvalue weighted by Gasteiger charge is 2.42. The summed E-state index contributed by atoms with van der Waals surface area (Å²) in [6, 6.07) is 13.8. The van der Waals surface area contributed by atoms with Crippen LogP contribution in [0, 0.1) is 5.41 Å². The molecule has 1 aromatic carbocycles. The molecule has 1 atom stereocenters. The molecule has 0 bridgehead atoms. The van der Waals surface area contributed by atoms with Crippen molar-refractivity contribution in [2.75, 3.05) is 26.2 Å². The van der Waals surface area contributed by atoms with E-state index in [2.05, 4.69) is 45.5 Å². The number of carbonyl (C=O) groups is 1. The van der Waals surface area contributed by atoms with Crippen molar-refractivity contribution in [3.05, 3.63) is 70.1 Å². The first-order valence-corrected chi connectivity index (χ1v) is 10.5. The molecule has 4 rings (SSSR count). The second-order valence-corrected chi connectivity index (χ2v) is 8.59. The summed E-state index contributed by atoms with van der Waals surface area (Å²) >= 11 is 0. The van der Waals surface area contributed by atoms with Gasteiger partial charge in [0, 0.05) is 31.9 Å². The Bertz CT molecular complexity index is 887. The van der Waals surface area contributed by atoms with Crippen molar-refractivity contribution in [3.63, 3.8) is 0 Å². The molecular weight excluding hydrogens is 364 g/mol. The van der Waals surface area contributed by atoms with E-state index in [9.17, 15) is 9.59 Å². The van der Waals surface area contributed by atoms with E-state index in [0.717, 1.165) is 57.5 Å². The van der Waals surface area contributed by atoms with Gasteiger partial charge < -0.3 is 15.2 Å². The van der Waals surface area contributed by atoms with Crippen LogP contribution in [0.4, 0.5) is 4.79 Å². The van der Waals surface area contributed by atoms with Crippen LogP contribution < -0.4 is 10.9 Å². The predicted octanol–water partition coefficient (Wildman–Crippen LogP) is 3.13. The van der Waals surface area contributed by atoms with Crippen LogP contribution in [-0.2, 0) is 6.54 Å². The number of rotatable bonds is 4. The molecule has 2 fully saturated rings. The van der Waals surface area contributed by atoms with Gasteiger partial charge in [0.15, 0.2) is 0 Å². The largest absolute Gasteiger partial charge is 0.331 e. The van der Waals surface area contributed by atoms with Crippen molar-refractivity contribution in [2.45, 2.75) is 38.8 Å². The summed E-state index contributed by atoms with van der Waals surface area (Å²) in [7, 11) is 0. The van der Waals surface area contributed by atoms with Crippen molar-refractivity contribution in [1.82, 2.24) is 20.1 Å². The van der Waals surface area contributed by atoms with Gasteiger partial charge >= 0.3 is 6.03 Å². The maximum Gasteiger partial charge on any atom is 0.317 e. The molecule has 2 amide bonds. The van der Waals surface area contributed by atoms with Crippen LogP contribution >= 0.6 is 0 Å². The van der Waals surface area contributed by atoms with E-state index in [1.165, 1.54) is 5.56 Å². The van der Waals surface area contributed by atoms with E-state index in [1.54, 1.807) is 12.3 Å². The molecule has 2 saturated heterocycles. The molecular formula is C23H30N4O2. The topological polar surface area (TPSA) is 68.4 Å². The third-order valence-corrected chi connectivity index (χ3v) is 6.53. The lowest BCUT2D eigenvalue weighted by Crippen LogP contribution is -2.44. The van der Waals surface area contributed by atoms with Gasteiger partial charge in [0.25, 0.3) is 0 Å². The molecule has 2 N–H and O–H groups in total. The number of urea groups is 1. The number of H-pyrrole nitrogens is 1. The van der Waals surface area contributed by atoms with E-state index in [1.807, 2.05) is 17.9 Å². The summed E-state index contributed by atoms with van der Waals surface area (Å²) in [5, 5.41) is 3.05. The Morgan fingerprint density at radius 2 is 1.86 bits per heavy atom. The average Bonchev–Trinajstić information content (AvgIpc) is 3.15. The fraction of sp³-hybridized carbons (Fsp3) is 0.478. The first-order chi connectivity index (χ1) is 14.0. The first kappa shape index (κ1) is 19.7. The van der Waals surface area contributed by atoms with Gasteiger partial charge in [0.05, 0.1) is 6.04 Å². The van der Waals surface area contributed by atoms with Gasteiger partial charge in [0.2, 0.25) is 5.56 Å². The summed E-state index contributed by atoms with van der Waals surface area (Å²) in [5.41, 5.74) is 2.30. The van der Waals surface area contributed by atoms with E-state index >= 15 is 0 Å². The summed E-state index contributed by atoms with van der Waals surface area (Å²) in [6.07, 6.45) is 4.99. The Balaban J connectivity index is 1.28. The highest BCUT2D eigenvalue weighted by Crippen LogP contribution is 2.40. The molecule has 2 aliphatic rings. The minimum Gasteiger partial charge on any atom is -0.331 e. The zero-order chi connectivity index (χ0) is 20.3. The monoisotopic (exact) mass is 394 g/mol. The zero-order valence-electron chi connectivity index (χ0n) is 17.1. The van der Waals surface area contributed by atoms with Crippen LogP contribution in [0.25, 0.3) is 0 Å². The van der Waals surface area contributed by atoms with E-state index < -0.39 is 0 Å². The molecule has 1 spiro atoms. The molecule has 0 aliphatic carbocycles. The molecule has 6 nitrogen and oxygen atoms in total. The summed E-state index contributed by atoms with van der Waals surface area (Å²) < 4.78 is 0. The fourth-order valence-electron chi connectivity index (χ4n) is 4.63. The number of nitrogens with zero attached hydrogens (tertiary/aromatic N) is 2. The van der Waals surface area contributed by atoms with Gasteiger partial charge in [0.1, 0.15) is 0 Å². The SMILES string of the molecule is CC(NC(=O)N1CCC2(CCN(Cc3ccccc3)CC2)C1)c1cc[nH]c(=O)c1. The molecule has 2 aromatic rings. The third-order valence-electron chi connectivity index (χ3n) is 6.53. The maximum absolute atomic E-state index is 12.8.